The van der Waals surface area contributed by atoms with E-state index in [4.69, 9.17) is 4.74 Å². The highest BCUT2D eigenvalue weighted by Gasteiger charge is 2.60. The van der Waals surface area contributed by atoms with Crippen LogP contribution in [0.15, 0.2) is 36.1 Å². The van der Waals surface area contributed by atoms with Crippen molar-refractivity contribution in [3.8, 4) is 5.75 Å². The number of nitrogens with zero attached hydrogens (tertiary/aromatic N) is 2. The lowest BCUT2D eigenvalue weighted by Gasteiger charge is -2.35. The first-order chi connectivity index (χ1) is 14.9. The maximum atomic E-state index is 12.6. The van der Waals surface area contributed by atoms with Crippen LogP contribution in [0.1, 0.15) is 32.3 Å². The van der Waals surface area contributed by atoms with Crippen molar-refractivity contribution in [1.29, 1.82) is 0 Å². The van der Waals surface area contributed by atoms with Gasteiger partial charge in [-0.25, -0.2) is 4.79 Å². The van der Waals surface area contributed by atoms with E-state index in [9.17, 15) is 31.1 Å². The number of benzene rings is 1. The lowest BCUT2D eigenvalue weighted by Crippen LogP contribution is -2.52. The molecule has 0 spiro atoms. The van der Waals surface area contributed by atoms with Gasteiger partial charge in [0, 0.05) is 32.7 Å². The van der Waals surface area contributed by atoms with Gasteiger partial charge in [0.1, 0.15) is 5.75 Å². The van der Waals surface area contributed by atoms with Crippen LogP contribution in [-0.4, -0.2) is 60.5 Å². The zero-order valence-electron chi connectivity index (χ0n) is 17.8. The number of unbranched alkanes of at least 4 members (excludes halogenated alkanes) is 1. The second-order valence-electron chi connectivity index (χ2n) is 7.46. The fourth-order valence-corrected chi connectivity index (χ4v) is 3.12. The molecular weight excluding hydrogens is 442 g/mol. The maximum Gasteiger partial charge on any atom is 0.434 e. The summed E-state index contributed by atoms with van der Waals surface area (Å²) in [5.41, 5.74) is 0.927. The van der Waals surface area contributed by atoms with E-state index in [0.29, 0.717) is 12.3 Å². The average Bonchev–Trinajstić information content (AvgIpc) is 2.69. The molecule has 180 valence electrons. The van der Waals surface area contributed by atoms with Gasteiger partial charge in [-0.3, -0.25) is 4.90 Å². The predicted molar refractivity (Wildman–Crippen MR) is 105 cm³/mol. The van der Waals surface area contributed by atoms with E-state index in [-0.39, 0.29) is 26.2 Å². The highest BCUT2D eigenvalue weighted by Crippen LogP contribution is 2.36. The molecule has 1 saturated heterocycles. The van der Waals surface area contributed by atoms with Gasteiger partial charge in [-0.1, -0.05) is 25.5 Å². The molecular formula is C21H26F6N2O3. The largest absolute Gasteiger partial charge is 0.462 e. The molecule has 1 aliphatic rings. The Kier molecular flexibility index (Phi) is 8.82. The summed E-state index contributed by atoms with van der Waals surface area (Å²) in [4.78, 5) is 14.6. The number of hydrogen-bond acceptors (Lipinski definition) is 4. The summed E-state index contributed by atoms with van der Waals surface area (Å²) in [6.07, 6.45) is -13.3. The monoisotopic (exact) mass is 468 g/mol. The van der Waals surface area contributed by atoms with Gasteiger partial charge in [0.2, 0.25) is 0 Å². The Morgan fingerprint density at radius 2 is 1.72 bits per heavy atom. The van der Waals surface area contributed by atoms with Gasteiger partial charge in [0.05, 0.1) is 5.76 Å². The molecule has 0 radical (unpaired) electrons. The van der Waals surface area contributed by atoms with Crippen molar-refractivity contribution >= 4 is 6.09 Å². The minimum absolute atomic E-state index is 0.0453. The van der Waals surface area contributed by atoms with E-state index >= 15 is 0 Å². The van der Waals surface area contributed by atoms with Crippen LogP contribution in [-0.2, 0) is 11.3 Å². The number of hydrogen-bond donors (Lipinski definition) is 0. The molecule has 2 rings (SSSR count). The number of amides is 1. The molecule has 1 aliphatic heterocycles. The smallest absolute Gasteiger partial charge is 0.434 e. The molecule has 0 saturated carbocycles. The third-order valence-corrected chi connectivity index (χ3v) is 4.75. The minimum atomic E-state index is -5.73. The Labute approximate surface area is 182 Å². The van der Waals surface area contributed by atoms with E-state index in [0.717, 1.165) is 29.1 Å². The van der Waals surface area contributed by atoms with Gasteiger partial charge in [-0.2, -0.15) is 26.3 Å². The Bertz CT molecular complexity index is 772. The third-order valence-electron chi connectivity index (χ3n) is 4.75. The van der Waals surface area contributed by atoms with E-state index in [1.165, 1.54) is 0 Å². The number of carbonyl (C=O) groups excluding carboxylic acids is 1. The third kappa shape index (κ3) is 7.92. The lowest BCUT2D eigenvalue weighted by molar-refractivity contribution is -0.308. The molecule has 0 N–H and O–H groups in total. The fraction of sp³-hybridized carbons (Fsp3) is 0.571. The Morgan fingerprint density at radius 1 is 1.09 bits per heavy atom. The van der Waals surface area contributed by atoms with Gasteiger partial charge in [-0.05, 0) is 37.1 Å². The molecule has 0 bridgehead atoms. The van der Waals surface area contributed by atoms with Crippen LogP contribution in [0.4, 0.5) is 31.1 Å². The van der Waals surface area contributed by atoms with Gasteiger partial charge in [0.25, 0.3) is 6.10 Å². The second kappa shape index (κ2) is 10.9. The van der Waals surface area contributed by atoms with Crippen LogP contribution in [0.25, 0.3) is 0 Å². The number of halogens is 6. The number of allylic oxidation sites excluding steroid dienone is 2. The highest BCUT2D eigenvalue weighted by atomic mass is 19.4. The zero-order chi connectivity index (χ0) is 23.9. The first-order valence-corrected chi connectivity index (χ1v) is 10.1. The van der Waals surface area contributed by atoms with E-state index in [1.807, 2.05) is 42.2 Å². The van der Waals surface area contributed by atoms with Gasteiger partial charge in [-0.15, -0.1) is 0 Å². The highest BCUT2D eigenvalue weighted by molar-refractivity contribution is 5.68. The average molecular weight is 468 g/mol. The maximum absolute atomic E-state index is 12.6. The molecule has 1 heterocycles. The van der Waals surface area contributed by atoms with Crippen LogP contribution in [0.2, 0.25) is 0 Å². The fourth-order valence-electron chi connectivity index (χ4n) is 3.12. The summed E-state index contributed by atoms with van der Waals surface area (Å²) in [6.45, 7) is 4.88. The van der Waals surface area contributed by atoms with Crippen molar-refractivity contribution in [2.45, 2.75) is 51.7 Å². The Morgan fingerprint density at radius 3 is 2.28 bits per heavy atom. The van der Waals surface area contributed by atoms with Crippen LogP contribution in [0, 0.1) is 0 Å². The van der Waals surface area contributed by atoms with Gasteiger partial charge >= 0.3 is 18.4 Å². The molecule has 0 aromatic heterocycles. The first-order valence-electron chi connectivity index (χ1n) is 10.1. The van der Waals surface area contributed by atoms with Crippen molar-refractivity contribution in [2.75, 3.05) is 26.2 Å². The van der Waals surface area contributed by atoms with Crippen molar-refractivity contribution in [3.05, 3.63) is 41.7 Å². The van der Waals surface area contributed by atoms with E-state index < -0.39 is 24.5 Å². The minimum Gasteiger partial charge on any atom is -0.462 e. The topological polar surface area (TPSA) is 42.0 Å². The molecule has 1 aromatic rings. The number of alkyl halides is 6. The molecule has 1 aromatic carbocycles. The van der Waals surface area contributed by atoms with Crippen LogP contribution >= 0.6 is 0 Å². The molecule has 5 nitrogen and oxygen atoms in total. The standard InChI is InChI=1S/C21H26F6N2O3/c1-3-4-6-15(2)31-17-8-5-7-16(13-17)14-28-9-11-29(12-10-28)19(30)32-18(20(22,23)24)21(25,26)27/h5-8,13,18H,3-4,9-12,14H2,1-2H3/b15-6+. The molecule has 0 atom stereocenters. The quantitative estimate of drug-likeness (QED) is 0.391. The summed E-state index contributed by atoms with van der Waals surface area (Å²) in [6, 6.07) is 7.40. The van der Waals surface area contributed by atoms with Crippen LogP contribution in [0.3, 0.4) is 0 Å². The molecule has 0 unspecified atom stereocenters. The normalized spacial score (nSPS) is 16.4. The number of ether oxygens (including phenoxy) is 2. The number of rotatable bonds is 7. The molecule has 1 fully saturated rings. The summed E-state index contributed by atoms with van der Waals surface area (Å²) in [7, 11) is 0. The summed E-state index contributed by atoms with van der Waals surface area (Å²) < 4.78 is 85.0. The number of piperazine rings is 1. The van der Waals surface area contributed by atoms with Crippen LogP contribution < -0.4 is 4.74 Å². The Hall–Kier alpha value is -2.43. The molecule has 1 amide bonds. The van der Waals surface area contributed by atoms with E-state index in [1.54, 1.807) is 0 Å². The summed E-state index contributed by atoms with van der Waals surface area (Å²) in [5.74, 6) is 1.45. The summed E-state index contributed by atoms with van der Waals surface area (Å²) >= 11 is 0. The predicted octanol–water partition coefficient (Wildman–Crippen LogP) is 5.52. The molecule has 0 aliphatic carbocycles. The van der Waals surface area contributed by atoms with Crippen molar-refractivity contribution in [1.82, 2.24) is 9.80 Å². The van der Waals surface area contributed by atoms with Crippen molar-refractivity contribution in [2.24, 2.45) is 0 Å². The van der Waals surface area contributed by atoms with E-state index in [2.05, 4.69) is 11.7 Å². The van der Waals surface area contributed by atoms with Gasteiger partial charge in [0.15, 0.2) is 0 Å². The van der Waals surface area contributed by atoms with Crippen LogP contribution in [0.5, 0.6) is 5.75 Å². The van der Waals surface area contributed by atoms with Gasteiger partial charge < -0.3 is 14.4 Å². The number of carbonyl (C=O) groups is 1. The Balaban J connectivity index is 1.89. The first kappa shape index (κ1) is 25.8. The summed E-state index contributed by atoms with van der Waals surface area (Å²) in [5, 5.41) is 0. The second-order valence-corrected chi connectivity index (χ2v) is 7.46. The molecule has 11 heteroatoms. The lowest BCUT2D eigenvalue weighted by atomic mass is 10.2. The van der Waals surface area contributed by atoms with Crippen molar-refractivity contribution in [3.63, 3.8) is 0 Å². The SMILES string of the molecule is CCC/C=C(\C)Oc1cccc(CN2CCN(C(=O)OC(C(F)(F)F)C(F)(F)F)CC2)c1. The van der Waals surface area contributed by atoms with Crippen molar-refractivity contribution < 1.29 is 40.6 Å². The zero-order valence-corrected chi connectivity index (χ0v) is 17.8. The molecule has 32 heavy (non-hydrogen) atoms.